The molecule has 4 fully saturated rings. The molecule has 5 unspecified atom stereocenters. The molecule has 0 N–H and O–H groups in total. The van der Waals surface area contributed by atoms with Crippen LogP contribution in [0.5, 0.6) is 0 Å². The SMILES string of the molecule is C=C(CCC1C[C@@H](I)CC[C@H]1C)C1CC[C@H]2C(CCC3CCCCC32)C1. The zero-order valence-corrected chi connectivity index (χ0v) is 19.3. The fraction of sp³-hybridized carbons (Fsp3) is 0.920. The van der Waals surface area contributed by atoms with Gasteiger partial charge in [-0.05, 0) is 112 Å². The fourth-order valence-corrected chi connectivity index (χ4v) is 8.49. The van der Waals surface area contributed by atoms with Crippen LogP contribution >= 0.6 is 22.6 Å². The molecule has 1 heteroatoms. The molecule has 4 rings (SSSR count). The normalized spacial score (nSPS) is 46.2. The van der Waals surface area contributed by atoms with Crippen LogP contribution in [0.25, 0.3) is 0 Å². The zero-order chi connectivity index (χ0) is 18.1. The standard InChI is InChI=1S/C25H41I/c1-17(7-9-21-16-23(26)13-8-18(21)2)20-12-14-25-22(15-20)11-10-19-5-3-4-6-24(19)25/h18-25H,1,3-16H2,2H3/t18-,19?,20?,21?,22?,23+,24?,25+/m1/s1. The summed E-state index contributed by atoms with van der Waals surface area (Å²) in [6.45, 7) is 7.13. The minimum Gasteiger partial charge on any atom is -0.0996 e. The molecule has 0 nitrogen and oxygen atoms in total. The molecule has 8 atom stereocenters. The van der Waals surface area contributed by atoms with E-state index < -0.39 is 0 Å². The number of alkyl halides is 1. The molecular formula is C25H41I. The van der Waals surface area contributed by atoms with Gasteiger partial charge in [0.05, 0.1) is 0 Å². The van der Waals surface area contributed by atoms with Crippen molar-refractivity contribution in [1.82, 2.24) is 0 Å². The van der Waals surface area contributed by atoms with E-state index in [2.05, 4.69) is 36.1 Å². The molecule has 0 aromatic carbocycles. The predicted octanol–water partition coefficient (Wildman–Crippen LogP) is 8.20. The lowest BCUT2D eigenvalue weighted by Crippen LogP contribution is -2.40. The van der Waals surface area contributed by atoms with Crippen LogP contribution in [-0.4, -0.2) is 3.92 Å². The van der Waals surface area contributed by atoms with E-state index in [9.17, 15) is 0 Å². The summed E-state index contributed by atoms with van der Waals surface area (Å²) in [7, 11) is 0. The minimum absolute atomic E-state index is 0.866. The molecule has 4 saturated carbocycles. The van der Waals surface area contributed by atoms with Crippen molar-refractivity contribution < 1.29 is 0 Å². The smallest absolute Gasteiger partial charge is 0.0112 e. The molecule has 0 spiro atoms. The summed E-state index contributed by atoms with van der Waals surface area (Å²) < 4.78 is 0.934. The highest BCUT2D eigenvalue weighted by Crippen LogP contribution is 2.53. The topological polar surface area (TPSA) is 0 Å². The number of rotatable bonds is 4. The lowest BCUT2D eigenvalue weighted by atomic mass is 9.56. The highest BCUT2D eigenvalue weighted by atomic mass is 127. The Balaban J connectivity index is 1.27. The molecule has 0 aliphatic heterocycles. The van der Waals surface area contributed by atoms with Crippen LogP contribution in [0.4, 0.5) is 0 Å². The van der Waals surface area contributed by atoms with Gasteiger partial charge in [-0.15, -0.1) is 0 Å². The van der Waals surface area contributed by atoms with Crippen LogP contribution in [0.15, 0.2) is 12.2 Å². The third-order valence-corrected chi connectivity index (χ3v) is 10.3. The van der Waals surface area contributed by atoms with E-state index in [-0.39, 0.29) is 0 Å². The Morgan fingerprint density at radius 2 is 1.62 bits per heavy atom. The van der Waals surface area contributed by atoms with Crippen molar-refractivity contribution in [3.63, 3.8) is 0 Å². The molecule has 0 saturated heterocycles. The molecule has 0 radical (unpaired) electrons. The highest BCUT2D eigenvalue weighted by Gasteiger charge is 2.43. The summed E-state index contributed by atoms with van der Waals surface area (Å²) in [4.78, 5) is 0. The van der Waals surface area contributed by atoms with Gasteiger partial charge in [0, 0.05) is 3.92 Å². The first-order valence-corrected chi connectivity index (χ1v) is 13.2. The van der Waals surface area contributed by atoms with E-state index in [1.807, 2.05) is 0 Å². The Kier molecular flexibility index (Phi) is 6.74. The van der Waals surface area contributed by atoms with Crippen LogP contribution < -0.4 is 0 Å². The molecule has 0 bridgehead atoms. The van der Waals surface area contributed by atoms with Gasteiger partial charge < -0.3 is 0 Å². The molecule has 0 aromatic heterocycles. The summed E-state index contributed by atoms with van der Waals surface area (Å²) in [5.41, 5.74) is 1.64. The third-order valence-electron chi connectivity index (χ3n) is 9.18. The van der Waals surface area contributed by atoms with Crippen LogP contribution in [0, 0.1) is 41.4 Å². The van der Waals surface area contributed by atoms with Gasteiger partial charge in [0.15, 0.2) is 0 Å². The molecule has 26 heavy (non-hydrogen) atoms. The van der Waals surface area contributed by atoms with Gasteiger partial charge in [0.25, 0.3) is 0 Å². The Labute approximate surface area is 176 Å². The van der Waals surface area contributed by atoms with E-state index in [0.29, 0.717) is 0 Å². The van der Waals surface area contributed by atoms with Crippen molar-refractivity contribution in [2.45, 2.75) is 101 Å². The van der Waals surface area contributed by atoms with Crippen molar-refractivity contribution in [2.75, 3.05) is 0 Å². The van der Waals surface area contributed by atoms with Crippen molar-refractivity contribution in [2.24, 2.45) is 41.4 Å². The lowest BCUT2D eigenvalue weighted by Gasteiger charge is -2.50. The van der Waals surface area contributed by atoms with Gasteiger partial charge in [0.1, 0.15) is 0 Å². The monoisotopic (exact) mass is 468 g/mol. The van der Waals surface area contributed by atoms with Gasteiger partial charge in [-0.25, -0.2) is 0 Å². The van der Waals surface area contributed by atoms with Crippen LogP contribution in [-0.2, 0) is 0 Å². The molecular weight excluding hydrogens is 427 g/mol. The fourth-order valence-electron chi connectivity index (χ4n) is 7.48. The zero-order valence-electron chi connectivity index (χ0n) is 17.1. The van der Waals surface area contributed by atoms with Gasteiger partial charge in [-0.2, -0.15) is 0 Å². The number of allylic oxidation sites excluding steroid dienone is 1. The average Bonchev–Trinajstić information content (AvgIpc) is 2.67. The molecule has 148 valence electrons. The Hall–Kier alpha value is 0.470. The quantitative estimate of drug-likeness (QED) is 0.222. The minimum atomic E-state index is 0.866. The van der Waals surface area contributed by atoms with Crippen molar-refractivity contribution >= 4 is 22.6 Å². The second kappa shape index (κ2) is 8.87. The van der Waals surface area contributed by atoms with E-state index >= 15 is 0 Å². The summed E-state index contributed by atoms with van der Waals surface area (Å²) >= 11 is 2.70. The lowest BCUT2D eigenvalue weighted by molar-refractivity contribution is 0.0162. The van der Waals surface area contributed by atoms with Crippen molar-refractivity contribution in [1.29, 1.82) is 0 Å². The number of hydrogen-bond donors (Lipinski definition) is 0. The summed E-state index contributed by atoms with van der Waals surface area (Å²) in [5.74, 6) is 7.15. The van der Waals surface area contributed by atoms with Crippen LogP contribution in [0.3, 0.4) is 0 Å². The van der Waals surface area contributed by atoms with Gasteiger partial charge >= 0.3 is 0 Å². The Morgan fingerprint density at radius 1 is 0.846 bits per heavy atom. The van der Waals surface area contributed by atoms with Gasteiger partial charge in [-0.3, -0.25) is 0 Å². The van der Waals surface area contributed by atoms with Crippen molar-refractivity contribution in [3.8, 4) is 0 Å². The summed E-state index contributed by atoms with van der Waals surface area (Å²) in [6, 6.07) is 0. The van der Waals surface area contributed by atoms with Crippen molar-refractivity contribution in [3.05, 3.63) is 12.2 Å². The molecule has 0 amide bonds. The number of hydrogen-bond acceptors (Lipinski definition) is 0. The maximum atomic E-state index is 4.62. The largest absolute Gasteiger partial charge is 0.0996 e. The molecule has 4 aliphatic carbocycles. The summed E-state index contributed by atoms with van der Waals surface area (Å²) in [6.07, 6.45) is 20.9. The molecule has 4 aliphatic rings. The third kappa shape index (κ3) is 4.38. The maximum Gasteiger partial charge on any atom is 0.0112 e. The first-order chi connectivity index (χ1) is 12.6. The van der Waals surface area contributed by atoms with E-state index in [1.165, 1.54) is 64.2 Å². The van der Waals surface area contributed by atoms with E-state index in [1.54, 1.807) is 31.3 Å². The number of halogens is 1. The maximum absolute atomic E-state index is 4.62. The first kappa shape index (κ1) is 19.8. The molecule has 0 aromatic rings. The van der Waals surface area contributed by atoms with Gasteiger partial charge in [-0.1, -0.05) is 60.9 Å². The second-order valence-electron chi connectivity index (χ2n) is 10.6. The second-order valence-corrected chi connectivity index (χ2v) is 12.3. The van der Waals surface area contributed by atoms with Gasteiger partial charge in [0.2, 0.25) is 0 Å². The summed E-state index contributed by atoms with van der Waals surface area (Å²) in [5, 5.41) is 0. The first-order valence-electron chi connectivity index (χ1n) is 11.9. The molecule has 0 heterocycles. The van der Waals surface area contributed by atoms with Crippen LogP contribution in [0.1, 0.15) is 96.8 Å². The Bertz CT molecular complexity index is 483. The van der Waals surface area contributed by atoms with E-state index in [0.717, 1.165) is 45.3 Å². The predicted molar refractivity (Wildman–Crippen MR) is 122 cm³/mol. The number of fused-ring (bicyclic) bond motifs is 3. The highest BCUT2D eigenvalue weighted by molar-refractivity contribution is 14.1. The van der Waals surface area contributed by atoms with E-state index in [4.69, 9.17) is 0 Å². The Morgan fingerprint density at radius 3 is 2.50 bits per heavy atom. The average molecular weight is 469 g/mol. The van der Waals surface area contributed by atoms with Crippen LogP contribution in [0.2, 0.25) is 0 Å².